The van der Waals surface area contributed by atoms with Crippen molar-refractivity contribution in [3.05, 3.63) is 0 Å². The SMILES string of the molecule is CCCCCC(=O)N1CCCC[C@H]1C(=O)NCCCCCN. The number of hydrogen-bond donors (Lipinski definition) is 2. The molecule has 22 heavy (non-hydrogen) atoms. The number of amides is 2. The number of nitrogens with two attached hydrogens (primary N) is 1. The maximum Gasteiger partial charge on any atom is 0.242 e. The van der Waals surface area contributed by atoms with Gasteiger partial charge < -0.3 is 16.0 Å². The Morgan fingerprint density at radius 3 is 2.68 bits per heavy atom. The maximum atomic E-state index is 12.3. The van der Waals surface area contributed by atoms with E-state index in [9.17, 15) is 9.59 Å². The Kier molecular flexibility index (Phi) is 9.87. The Labute approximate surface area is 135 Å². The number of hydrogen-bond acceptors (Lipinski definition) is 3. The van der Waals surface area contributed by atoms with Crippen molar-refractivity contribution in [2.45, 2.75) is 77.2 Å². The molecule has 1 atom stereocenters. The van der Waals surface area contributed by atoms with Gasteiger partial charge in [0, 0.05) is 19.5 Å². The van der Waals surface area contributed by atoms with Crippen LogP contribution in [0, 0.1) is 0 Å². The van der Waals surface area contributed by atoms with Crippen LogP contribution in [0.2, 0.25) is 0 Å². The van der Waals surface area contributed by atoms with Gasteiger partial charge in [0.05, 0.1) is 0 Å². The lowest BCUT2D eigenvalue weighted by Gasteiger charge is -2.35. The summed E-state index contributed by atoms with van der Waals surface area (Å²) in [5.74, 6) is 0.174. The molecule has 0 aromatic heterocycles. The highest BCUT2D eigenvalue weighted by Crippen LogP contribution is 2.19. The number of likely N-dealkylation sites (tertiary alicyclic amines) is 1. The van der Waals surface area contributed by atoms with E-state index in [0.717, 1.165) is 64.3 Å². The predicted octanol–water partition coefficient (Wildman–Crippen LogP) is 2.19. The summed E-state index contributed by atoms with van der Waals surface area (Å²) in [5, 5.41) is 2.99. The third kappa shape index (κ3) is 6.77. The molecule has 2 amide bonds. The van der Waals surface area contributed by atoms with Crippen LogP contribution in [0.1, 0.15) is 71.1 Å². The first-order valence-electron chi connectivity index (χ1n) is 8.98. The molecule has 1 aliphatic rings. The summed E-state index contributed by atoms with van der Waals surface area (Å²) in [7, 11) is 0. The lowest BCUT2D eigenvalue weighted by Crippen LogP contribution is -2.52. The smallest absolute Gasteiger partial charge is 0.242 e. The van der Waals surface area contributed by atoms with Gasteiger partial charge in [0.15, 0.2) is 0 Å². The molecule has 1 saturated heterocycles. The average Bonchev–Trinajstić information content (AvgIpc) is 2.54. The summed E-state index contributed by atoms with van der Waals surface area (Å²) in [6, 6.07) is -0.252. The predicted molar refractivity (Wildman–Crippen MR) is 89.4 cm³/mol. The van der Waals surface area contributed by atoms with Crippen molar-refractivity contribution in [2.24, 2.45) is 5.73 Å². The average molecular weight is 311 g/mol. The van der Waals surface area contributed by atoms with Crippen LogP contribution in [0.3, 0.4) is 0 Å². The molecule has 1 rings (SSSR count). The summed E-state index contributed by atoms with van der Waals surface area (Å²) >= 11 is 0. The van der Waals surface area contributed by atoms with E-state index in [4.69, 9.17) is 5.73 Å². The Bertz CT molecular complexity index is 334. The number of carbonyl (C=O) groups excluding carboxylic acids is 2. The third-order valence-electron chi connectivity index (χ3n) is 4.30. The zero-order chi connectivity index (χ0) is 16.2. The first-order valence-corrected chi connectivity index (χ1v) is 8.98. The highest BCUT2D eigenvalue weighted by molar-refractivity contribution is 5.87. The van der Waals surface area contributed by atoms with Gasteiger partial charge in [-0.3, -0.25) is 9.59 Å². The summed E-state index contributed by atoms with van der Waals surface area (Å²) < 4.78 is 0. The van der Waals surface area contributed by atoms with E-state index in [-0.39, 0.29) is 17.9 Å². The number of rotatable bonds is 10. The molecule has 1 fully saturated rings. The Morgan fingerprint density at radius 1 is 1.14 bits per heavy atom. The monoisotopic (exact) mass is 311 g/mol. The van der Waals surface area contributed by atoms with Crippen molar-refractivity contribution in [1.82, 2.24) is 10.2 Å². The van der Waals surface area contributed by atoms with Crippen molar-refractivity contribution in [2.75, 3.05) is 19.6 Å². The van der Waals surface area contributed by atoms with Gasteiger partial charge in [0.25, 0.3) is 0 Å². The minimum atomic E-state index is -0.252. The minimum Gasteiger partial charge on any atom is -0.354 e. The van der Waals surface area contributed by atoms with Crippen LogP contribution in [-0.4, -0.2) is 42.4 Å². The molecule has 5 heteroatoms. The van der Waals surface area contributed by atoms with Crippen LogP contribution in [0.15, 0.2) is 0 Å². The van der Waals surface area contributed by atoms with E-state index in [1.54, 1.807) is 0 Å². The van der Waals surface area contributed by atoms with Crippen molar-refractivity contribution >= 4 is 11.8 Å². The second kappa shape index (κ2) is 11.5. The number of carbonyl (C=O) groups is 2. The fourth-order valence-electron chi connectivity index (χ4n) is 2.95. The van der Waals surface area contributed by atoms with Crippen molar-refractivity contribution in [3.8, 4) is 0 Å². The van der Waals surface area contributed by atoms with Crippen LogP contribution in [0.5, 0.6) is 0 Å². The molecule has 128 valence electrons. The Morgan fingerprint density at radius 2 is 1.95 bits per heavy atom. The van der Waals surface area contributed by atoms with E-state index >= 15 is 0 Å². The lowest BCUT2D eigenvalue weighted by atomic mass is 10.00. The maximum absolute atomic E-state index is 12.3. The van der Waals surface area contributed by atoms with E-state index in [1.165, 1.54) is 0 Å². The van der Waals surface area contributed by atoms with Gasteiger partial charge in [-0.25, -0.2) is 0 Å². The van der Waals surface area contributed by atoms with Crippen LogP contribution in [0.4, 0.5) is 0 Å². The van der Waals surface area contributed by atoms with Gasteiger partial charge in [-0.05, 0) is 45.1 Å². The number of unbranched alkanes of at least 4 members (excludes halogenated alkanes) is 4. The molecule has 0 bridgehead atoms. The molecular formula is C17H33N3O2. The summed E-state index contributed by atoms with van der Waals surface area (Å²) in [6.45, 7) is 4.26. The van der Waals surface area contributed by atoms with Gasteiger partial charge >= 0.3 is 0 Å². The zero-order valence-electron chi connectivity index (χ0n) is 14.1. The normalized spacial score (nSPS) is 18.3. The molecule has 0 radical (unpaired) electrons. The molecule has 1 aliphatic heterocycles. The number of nitrogens with zero attached hydrogens (tertiary/aromatic N) is 1. The first kappa shape index (κ1) is 18.9. The number of nitrogens with one attached hydrogen (secondary N) is 1. The fourth-order valence-corrected chi connectivity index (χ4v) is 2.95. The molecule has 0 aromatic rings. The standard InChI is InChI=1S/C17H33N3O2/c1-2-3-5-11-16(21)20-14-9-6-10-15(20)17(22)19-13-8-4-7-12-18/h15H,2-14,18H2,1H3,(H,19,22)/t15-/m0/s1. The quantitative estimate of drug-likeness (QED) is 0.607. The summed E-state index contributed by atoms with van der Waals surface area (Å²) in [4.78, 5) is 26.5. The molecule has 0 aromatic carbocycles. The van der Waals surface area contributed by atoms with E-state index < -0.39 is 0 Å². The Balaban J connectivity index is 2.39. The molecule has 0 aliphatic carbocycles. The molecule has 0 spiro atoms. The van der Waals surface area contributed by atoms with Crippen molar-refractivity contribution in [1.29, 1.82) is 0 Å². The first-order chi connectivity index (χ1) is 10.7. The molecule has 3 N–H and O–H groups in total. The van der Waals surface area contributed by atoms with E-state index in [0.29, 0.717) is 19.5 Å². The molecular weight excluding hydrogens is 278 g/mol. The van der Waals surface area contributed by atoms with Gasteiger partial charge in [0.2, 0.25) is 11.8 Å². The van der Waals surface area contributed by atoms with Crippen LogP contribution >= 0.6 is 0 Å². The second-order valence-electron chi connectivity index (χ2n) is 6.20. The largest absolute Gasteiger partial charge is 0.354 e. The van der Waals surface area contributed by atoms with E-state index in [1.807, 2.05) is 4.90 Å². The zero-order valence-corrected chi connectivity index (χ0v) is 14.1. The lowest BCUT2D eigenvalue weighted by molar-refractivity contribution is -0.142. The van der Waals surface area contributed by atoms with Crippen LogP contribution < -0.4 is 11.1 Å². The molecule has 5 nitrogen and oxygen atoms in total. The third-order valence-corrected chi connectivity index (χ3v) is 4.30. The van der Waals surface area contributed by atoms with Crippen LogP contribution in [0.25, 0.3) is 0 Å². The summed E-state index contributed by atoms with van der Waals surface area (Å²) in [5.41, 5.74) is 5.46. The minimum absolute atomic E-state index is 0.0243. The van der Waals surface area contributed by atoms with Gasteiger partial charge in [-0.2, -0.15) is 0 Å². The van der Waals surface area contributed by atoms with Crippen molar-refractivity contribution in [3.63, 3.8) is 0 Å². The van der Waals surface area contributed by atoms with E-state index in [2.05, 4.69) is 12.2 Å². The molecule has 0 unspecified atom stereocenters. The molecule has 0 saturated carbocycles. The van der Waals surface area contributed by atoms with Gasteiger partial charge in [0.1, 0.15) is 6.04 Å². The fraction of sp³-hybridized carbons (Fsp3) is 0.882. The van der Waals surface area contributed by atoms with Crippen LogP contribution in [-0.2, 0) is 9.59 Å². The highest BCUT2D eigenvalue weighted by atomic mass is 16.2. The Hall–Kier alpha value is -1.10. The summed E-state index contributed by atoms with van der Waals surface area (Å²) in [6.07, 6.45) is 9.55. The van der Waals surface area contributed by atoms with Crippen molar-refractivity contribution < 1.29 is 9.59 Å². The molecule has 1 heterocycles. The number of piperidine rings is 1. The second-order valence-corrected chi connectivity index (χ2v) is 6.20. The van der Waals surface area contributed by atoms with Gasteiger partial charge in [-0.15, -0.1) is 0 Å². The van der Waals surface area contributed by atoms with Gasteiger partial charge in [-0.1, -0.05) is 26.2 Å². The highest BCUT2D eigenvalue weighted by Gasteiger charge is 2.31. The topological polar surface area (TPSA) is 75.4 Å².